The van der Waals surface area contributed by atoms with Crippen LogP contribution in [0.5, 0.6) is 5.75 Å². The van der Waals surface area contributed by atoms with Gasteiger partial charge in [-0.25, -0.2) is 4.98 Å². The first-order chi connectivity index (χ1) is 10.8. The summed E-state index contributed by atoms with van der Waals surface area (Å²) in [7, 11) is 1.65. The van der Waals surface area contributed by atoms with Crippen molar-refractivity contribution in [3.05, 3.63) is 24.0 Å². The lowest BCUT2D eigenvalue weighted by molar-refractivity contribution is 0.419. The number of nitrogens with one attached hydrogen (secondary N) is 1. The standard InChI is InChI=1S/C15H20N6O.2ClH/c1-10-19-20-15-14(17-9-4-3-8-16)18-13-11(21(10)15)6-5-7-12(13)22-2;;/h5-7H,3-4,8-9,16H2,1-2H3,(H,17,18);2*1H. The van der Waals surface area contributed by atoms with Crippen molar-refractivity contribution in [2.75, 3.05) is 25.5 Å². The van der Waals surface area contributed by atoms with Crippen LogP contribution in [0.15, 0.2) is 18.2 Å². The van der Waals surface area contributed by atoms with E-state index in [1.54, 1.807) is 7.11 Å². The Kier molecular flexibility index (Phi) is 7.47. The Morgan fingerprint density at radius 2 is 2.00 bits per heavy atom. The van der Waals surface area contributed by atoms with E-state index in [0.29, 0.717) is 6.54 Å². The number of anilines is 1. The molecule has 7 nitrogen and oxygen atoms in total. The molecule has 0 bridgehead atoms. The first kappa shape index (κ1) is 20.2. The zero-order valence-corrected chi connectivity index (χ0v) is 15.3. The fraction of sp³-hybridized carbons (Fsp3) is 0.400. The number of benzene rings is 1. The lowest BCUT2D eigenvalue weighted by Crippen LogP contribution is -2.09. The molecule has 0 saturated carbocycles. The van der Waals surface area contributed by atoms with Crippen LogP contribution in [0.2, 0.25) is 0 Å². The van der Waals surface area contributed by atoms with E-state index in [9.17, 15) is 0 Å². The number of aryl methyl sites for hydroxylation is 1. The molecule has 0 fully saturated rings. The predicted molar refractivity (Wildman–Crippen MR) is 101 cm³/mol. The lowest BCUT2D eigenvalue weighted by atomic mass is 10.2. The molecule has 24 heavy (non-hydrogen) atoms. The van der Waals surface area contributed by atoms with E-state index >= 15 is 0 Å². The fourth-order valence-corrected chi connectivity index (χ4v) is 2.53. The van der Waals surface area contributed by atoms with Crippen LogP contribution < -0.4 is 15.8 Å². The Balaban J connectivity index is 0.00000144. The highest BCUT2D eigenvalue weighted by Crippen LogP contribution is 2.28. The summed E-state index contributed by atoms with van der Waals surface area (Å²) >= 11 is 0. The largest absolute Gasteiger partial charge is 0.494 e. The zero-order chi connectivity index (χ0) is 15.5. The molecule has 9 heteroatoms. The number of rotatable bonds is 6. The van der Waals surface area contributed by atoms with E-state index in [-0.39, 0.29) is 24.8 Å². The molecule has 0 amide bonds. The molecule has 0 atom stereocenters. The Labute approximate surface area is 152 Å². The number of ether oxygens (including phenoxy) is 1. The van der Waals surface area contributed by atoms with Gasteiger partial charge >= 0.3 is 0 Å². The molecule has 1 aromatic carbocycles. The Bertz CT molecular complexity index is 807. The van der Waals surface area contributed by atoms with Crippen LogP contribution in [-0.2, 0) is 0 Å². The molecule has 3 rings (SSSR count). The molecular weight excluding hydrogens is 351 g/mol. The van der Waals surface area contributed by atoms with Crippen molar-refractivity contribution in [2.45, 2.75) is 19.8 Å². The van der Waals surface area contributed by atoms with Crippen molar-refractivity contribution < 1.29 is 4.74 Å². The molecule has 0 radical (unpaired) electrons. The summed E-state index contributed by atoms with van der Waals surface area (Å²) < 4.78 is 7.43. The number of aromatic nitrogens is 4. The minimum atomic E-state index is 0. The van der Waals surface area contributed by atoms with Gasteiger partial charge in [0, 0.05) is 6.54 Å². The van der Waals surface area contributed by atoms with Crippen LogP contribution in [-0.4, -0.2) is 39.8 Å². The third-order valence-electron chi connectivity index (χ3n) is 3.62. The normalized spacial score (nSPS) is 10.3. The van der Waals surface area contributed by atoms with Gasteiger partial charge in [-0.05, 0) is 38.4 Å². The summed E-state index contributed by atoms with van der Waals surface area (Å²) in [6, 6.07) is 5.83. The average Bonchev–Trinajstić information content (AvgIpc) is 2.93. The van der Waals surface area contributed by atoms with Crippen LogP contribution in [0.4, 0.5) is 5.82 Å². The van der Waals surface area contributed by atoms with Gasteiger partial charge in [0.2, 0.25) is 5.65 Å². The number of halogens is 2. The van der Waals surface area contributed by atoms with Gasteiger partial charge in [-0.15, -0.1) is 35.0 Å². The topological polar surface area (TPSA) is 90.4 Å². The molecule has 0 unspecified atom stereocenters. The smallest absolute Gasteiger partial charge is 0.204 e. The molecule has 3 aromatic rings. The highest BCUT2D eigenvalue weighted by atomic mass is 35.5. The van der Waals surface area contributed by atoms with E-state index in [1.807, 2.05) is 29.5 Å². The molecule has 0 spiro atoms. The van der Waals surface area contributed by atoms with Crippen LogP contribution in [0.1, 0.15) is 18.7 Å². The quantitative estimate of drug-likeness (QED) is 0.646. The minimum Gasteiger partial charge on any atom is -0.494 e. The summed E-state index contributed by atoms with van der Waals surface area (Å²) in [5.41, 5.74) is 7.98. The molecule has 0 aliphatic rings. The van der Waals surface area contributed by atoms with Crippen LogP contribution >= 0.6 is 24.8 Å². The molecule has 0 aliphatic heterocycles. The number of para-hydroxylation sites is 1. The van der Waals surface area contributed by atoms with E-state index < -0.39 is 0 Å². The Morgan fingerprint density at radius 1 is 1.21 bits per heavy atom. The fourth-order valence-electron chi connectivity index (χ4n) is 2.53. The van der Waals surface area contributed by atoms with Gasteiger partial charge in [-0.2, -0.15) is 0 Å². The maximum atomic E-state index is 5.53. The average molecular weight is 373 g/mol. The van der Waals surface area contributed by atoms with Crippen molar-refractivity contribution in [3.63, 3.8) is 0 Å². The first-order valence-electron chi connectivity index (χ1n) is 7.38. The van der Waals surface area contributed by atoms with Crippen molar-refractivity contribution in [1.82, 2.24) is 19.6 Å². The summed E-state index contributed by atoms with van der Waals surface area (Å²) in [5, 5.41) is 11.8. The maximum Gasteiger partial charge on any atom is 0.204 e. The first-order valence-corrected chi connectivity index (χ1v) is 7.38. The molecular formula is C15H22Cl2N6O. The van der Waals surface area contributed by atoms with Gasteiger partial charge in [0.05, 0.1) is 12.6 Å². The third kappa shape index (κ3) is 3.63. The highest BCUT2D eigenvalue weighted by Gasteiger charge is 2.15. The number of hydrogen-bond donors (Lipinski definition) is 2. The molecule has 0 saturated heterocycles. The molecule has 2 aromatic heterocycles. The molecule has 132 valence electrons. The number of fused-ring (bicyclic) bond motifs is 3. The maximum absolute atomic E-state index is 5.53. The zero-order valence-electron chi connectivity index (χ0n) is 13.7. The number of nitrogens with two attached hydrogens (primary N) is 1. The second-order valence-electron chi connectivity index (χ2n) is 5.12. The number of methoxy groups -OCH3 is 1. The highest BCUT2D eigenvalue weighted by molar-refractivity contribution is 5.87. The van der Waals surface area contributed by atoms with Gasteiger partial charge in [-0.1, -0.05) is 6.07 Å². The SMILES string of the molecule is COc1cccc2c1nc(NCCCCN)c1nnc(C)n12.Cl.Cl. The molecule has 0 aliphatic carbocycles. The molecule has 3 N–H and O–H groups in total. The van der Waals surface area contributed by atoms with E-state index in [2.05, 4.69) is 15.5 Å². The van der Waals surface area contributed by atoms with Crippen LogP contribution in [0, 0.1) is 6.92 Å². The van der Waals surface area contributed by atoms with Crippen molar-refractivity contribution in [1.29, 1.82) is 0 Å². The van der Waals surface area contributed by atoms with E-state index in [1.165, 1.54) is 0 Å². The van der Waals surface area contributed by atoms with Crippen molar-refractivity contribution in [2.24, 2.45) is 5.73 Å². The summed E-state index contributed by atoms with van der Waals surface area (Å²) in [6.07, 6.45) is 1.97. The second-order valence-corrected chi connectivity index (χ2v) is 5.12. The van der Waals surface area contributed by atoms with Crippen molar-refractivity contribution in [3.8, 4) is 5.75 Å². The predicted octanol–water partition coefficient (Wildman–Crippen LogP) is 2.59. The van der Waals surface area contributed by atoms with Crippen LogP contribution in [0.3, 0.4) is 0 Å². The van der Waals surface area contributed by atoms with Gasteiger partial charge in [0.25, 0.3) is 0 Å². The third-order valence-corrected chi connectivity index (χ3v) is 3.62. The summed E-state index contributed by atoms with van der Waals surface area (Å²) in [5.74, 6) is 2.27. The number of hydrogen-bond acceptors (Lipinski definition) is 6. The van der Waals surface area contributed by atoms with Gasteiger partial charge in [0.1, 0.15) is 17.1 Å². The summed E-state index contributed by atoms with van der Waals surface area (Å²) in [6.45, 7) is 3.42. The van der Waals surface area contributed by atoms with Crippen LogP contribution in [0.25, 0.3) is 16.7 Å². The summed E-state index contributed by atoms with van der Waals surface area (Å²) in [4.78, 5) is 4.69. The number of nitrogens with zero attached hydrogens (tertiary/aromatic N) is 4. The van der Waals surface area contributed by atoms with E-state index in [4.69, 9.17) is 15.5 Å². The minimum absolute atomic E-state index is 0. The van der Waals surface area contributed by atoms with Gasteiger partial charge < -0.3 is 15.8 Å². The van der Waals surface area contributed by atoms with Crippen molar-refractivity contribution >= 4 is 47.3 Å². The lowest BCUT2D eigenvalue weighted by Gasteiger charge is -2.11. The Morgan fingerprint density at radius 3 is 2.71 bits per heavy atom. The second kappa shape index (κ2) is 8.86. The van der Waals surface area contributed by atoms with Gasteiger partial charge in [0.15, 0.2) is 5.82 Å². The monoisotopic (exact) mass is 372 g/mol. The number of unbranched alkanes of at least 4 members (excludes halogenated alkanes) is 1. The molecule has 2 heterocycles. The van der Waals surface area contributed by atoms with E-state index in [0.717, 1.165) is 53.5 Å². The van der Waals surface area contributed by atoms with Gasteiger partial charge in [-0.3, -0.25) is 4.40 Å². The Hall–Kier alpha value is -1.83.